The smallest absolute Gasteiger partial charge is 0.253 e. The molecule has 0 bridgehead atoms. The number of nitrogens with two attached hydrogens (primary N) is 1. The molecule has 2 rings (SSSR count). The van der Waals surface area contributed by atoms with Gasteiger partial charge >= 0.3 is 0 Å². The Bertz CT molecular complexity index is 578. The number of carbonyl (C=O) groups is 1. The molecule has 3 nitrogen and oxygen atoms in total. The maximum atomic E-state index is 12.3. The normalized spacial score (nSPS) is 10.3. The van der Waals surface area contributed by atoms with Crippen molar-refractivity contribution in [3.8, 4) is 0 Å². The fourth-order valence-electron chi connectivity index (χ4n) is 1.92. The van der Waals surface area contributed by atoms with Crippen LogP contribution in [0.25, 0.3) is 0 Å². The molecule has 0 radical (unpaired) electrons. The van der Waals surface area contributed by atoms with Crippen molar-refractivity contribution in [3.05, 3.63) is 59.7 Å². The van der Waals surface area contributed by atoms with E-state index in [2.05, 4.69) is 24.3 Å². The predicted octanol–water partition coefficient (Wildman–Crippen LogP) is 3.26. The molecule has 0 saturated carbocycles. The van der Waals surface area contributed by atoms with Crippen LogP contribution in [0.2, 0.25) is 0 Å². The third-order valence-electron chi connectivity index (χ3n) is 3.08. The summed E-state index contributed by atoms with van der Waals surface area (Å²) in [6.45, 7) is 0.595. The standard InChI is InChI=1S/C16H18N2OS/c1-18(11-12-3-9-15(20-2)10-4-12)16(19)13-5-7-14(17)8-6-13/h3-10H,11,17H2,1-2H3. The van der Waals surface area contributed by atoms with Crippen LogP contribution in [0.3, 0.4) is 0 Å². The van der Waals surface area contributed by atoms with Crippen molar-refractivity contribution >= 4 is 23.4 Å². The van der Waals surface area contributed by atoms with Crippen molar-refractivity contribution in [2.45, 2.75) is 11.4 Å². The number of anilines is 1. The second kappa shape index (κ2) is 6.48. The van der Waals surface area contributed by atoms with Crippen LogP contribution in [0.1, 0.15) is 15.9 Å². The summed E-state index contributed by atoms with van der Waals surface area (Å²) >= 11 is 1.71. The number of benzene rings is 2. The second-order valence-electron chi connectivity index (χ2n) is 4.63. The molecule has 1 amide bonds. The highest BCUT2D eigenvalue weighted by Crippen LogP contribution is 2.16. The quantitative estimate of drug-likeness (QED) is 0.693. The summed E-state index contributed by atoms with van der Waals surface area (Å²) in [6.07, 6.45) is 2.05. The lowest BCUT2D eigenvalue weighted by atomic mass is 10.1. The zero-order chi connectivity index (χ0) is 14.5. The average molecular weight is 286 g/mol. The maximum absolute atomic E-state index is 12.3. The van der Waals surface area contributed by atoms with Gasteiger partial charge in [0.15, 0.2) is 0 Å². The highest BCUT2D eigenvalue weighted by molar-refractivity contribution is 7.98. The van der Waals surface area contributed by atoms with Gasteiger partial charge in [-0.3, -0.25) is 4.79 Å². The number of rotatable bonds is 4. The van der Waals surface area contributed by atoms with Gasteiger partial charge in [-0.15, -0.1) is 11.8 Å². The first-order valence-electron chi connectivity index (χ1n) is 6.34. The molecule has 0 aliphatic carbocycles. The Kier molecular flexibility index (Phi) is 4.69. The van der Waals surface area contributed by atoms with E-state index in [9.17, 15) is 4.79 Å². The number of amides is 1. The number of nitrogen functional groups attached to an aromatic ring is 1. The molecule has 0 fully saturated rings. The fraction of sp³-hybridized carbons (Fsp3) is 0.188. The molecule has 0 heterocycles. The van der Waals surface area contributed by atoms with E-state index < -0.39 is 0 Å². The summed E-state index contributed by atoms with van der Waals surface area (Å²) in [5.41, 5.74) is 8.07. The van der Waals surface area contributed by atoms with Crippen LogP contribution in [0.4, 0.5) is 5.69 Å². The summed E-state index contributed by atoms with van der Waals surface area (Å²) in [5, 5.41) is 0. The van der Waals surface area contributed by atoms with Gasteiger partial charge in [-0.25, -0.2) is 0 Å². The molecule has 0 saturated heterocycles. The van der Waals surface area contributed by atoms with Crippen LogP contribution >= 0.6 is 11.8 Å². The Morgan fingerprint density at radius 2 is 1.70 bits per heavy atom. The summed E-state index contributed by atoms with van der Waals surface area (Å²) in [4.78, 5) is 15.2. The van der Waals surface area contributed by atoms with Gasteiger partial charge in [0.25, 0.3) is 5.91 Å². The van der Waals surface area contributed by atoms with E-state index in [-0.39, 0.29) is 5.91 Å². The van der Waals surface area contributed by atoms with Crippen LogP contribution in [0.15, 0.2) is 53.4 Å². The van der Waals surface area contributed by atoms with Gasteiger partial charge in [0.2, 0.25) is 0 Å². The molecule has 0 aliphatic heterocycles. The zero-order valence-electron chi connectivity index (χ0n) is 11.7. The summed E-state index contributed by atoms with van der Waals surface area (Å²) in [7, 11) is 1.81. The summed E-state index contributed by atoms with van der Waals surface area (Å²) in [6, 6.07) is 15.2. The van der Waals surface area contributed by atoms with Gasteiger partial charge in [0.05, 0.1) is 0 Å². The fourth-order valence-corrected chi connectivity index (χ4v) is 2.33. The zero-order valence-corrected chi connectivity index (χ0v) is 12.5. The Labute approximate surface area is 123 Å². The van der Waals surface area contributed by atoms with Gasteiger partial charge in [0.1, 0.15) is 0 Å². The highest BCUT2D eigenvalue weighted by Gasteiger charge is 2.11. The largest absolute Gasteiger partial charge is 0.399 e. The molecule has 2 aromatic rings. The number of carbonyl (C=O) groups excluding carboxylic acids is 1. The van der Waals surface area contributed by atoms with Crippen molar-refractivity contribution in [1.29, 1.82) is 0 Å². The minimum atomic E-state index is -0.000979. The van der Waals surface area contributed by atoms with E-state index >= 15 is 0 Å². The summed E-state index contributed by atoms with van der Waals surface area (Å²) < 4.78 is 0. The molecular weight excluding hydrogens is 268 g/mol. The van der Waals surface area contributed by atoms with Crippen molar-refractivity contribution in [2.75, 3.05) is 19.0 Å². The molecule has 0 unspecified atom stereocenters. The Morgan fingerprint density at radius 1 is 1.10 bits per heavy atom. The highest BCUT2D eigenvalue weighted by atomic mass is 32.2. The molecular formula is C16H18N2OS. The topological polar surface area (TPSA) is 46.3 Å². The molecule has 0 aromatic heterocycles. The molecule has 0 spiro atoms. The van der Waals surface area contributed by atoms with E-state index in [1.54, 1.807) is 48.0 Å². The molecule has 0 atom stereocenters. The molecule has 0 aliphatic rings. The summed E-state index contributed by atoms with van der Waals surface area (Å²) in [5.74, 6) is -0.000979. The van der Waals surface area contributed by atoms with E-state index in [4.69, 9.17) is 5.73 Å². The first-order chi connectivity index (χ1) is 9.60. The van der Waals surface area contributed by atoms with Crippen molar-refractivity contribution in [3.63, 3.8) is 0 Å². The molecule has 2 N–H and O–H groups in total. The average Bonchev–Trinajstić information content (AvgIpc) is 2.48. The van der Waals surface area contributed by atoms with Gasteiger partial charge in [-0.2, -0.15) is 0 Å². The van der Waals surface area contributed by atoms with Crippen molar-refractivity contribution < 1.29 is 4.79 Å². The van der Waals surface area contributed by atoms with Crippen LogP contribution in [0, 0.1) is 0 Å². The van der Waals surface area contributed by atoms with E-state index in [1.807, 2.05) is 6.26 Å². The van der Waals surface area contributed by atoms with Crippen LogP contribution < -0.4 is 5.73 Å². The SMILES string of the molecule is CSc1ccc(CN(C)C(=O)c2ccc(N)cc2)cc1. The van der Waals surface area contributed by atoms with Crippen LogP contribution in [0.5, 0.6) is 0 Å². The Hall–Kier alpha value is -1.94. The molecule has 4 heteroatoms. The number of hydrogen-bond donors (Lipinski definition) is 1. The van der Waals surface area contributed by atoms with Gasteiger partial charge in [-0.1, -0.05) is 12.1 Å². The van der Waals surface area contributed by atoms with E-state index in [0.717, 1.165) is 5.56 Å². The third kappa shape index (κ3) is 3.54. The minimum absolute atomic E-state index is 0.000979. The number of nitrogens with zero attached hydrogens (tertiary/aromatic N) is 1. The van der Waals surface area contributed by atoms with Crippen molar-refractivity contribution in [1.82, 2.24) is 4.90 Å². The lowest BCUT2D eigenvalue weighted by molar-refractivity contribution is 0.0785. The minimum Gasteiger partial charge on any atom is -0.399 e. The monoisotopic (exact) mass is 286 g/mol. The lowest BCUT2D eigenvalue weighted by Crippen LogP contribution is -2.26. The molecule has 20 heavy (non-hydrogen) atoms. The van der Waals surface area contributed by atoms with Crippen molar-refractivity contribution in [2.24, 2.45) is 0 Å². The number of thioether (sulfide) groups is 1. The molecule has 104 valence electrons. The molecule has 2 aromatic carbocycles. The second-order valence-corrected chi connectivity index (χ2v) is 5.51. The van der Waals surface area contributed by atoms with Crippen LogP contribution in [-0.2, 0) is 6.54 Å². The van der Waals surface area contributed by atoms with Gasteiger partial charge < -0.3 is 10.6 Å². The van der Waals surface area contributed by atoms with Crippen LogP contribution in [-0.4, -0.2) is 24.1 Å². The maximum Gasteiger partial charge on any atom is 0.253 e. The van der Waals surface area contributed by atoms with Gasteiger partial charge in [0, 0.05) is 29.7 Å². The third-order valence-corrected chi connectivity index (χ3v) is 3.83. The Morgan fingerprint density at radius 3 is 2.25 bits per heavy atom. The van der Waals surface area contributed by atoms with Gasteiger partial charge in [-0.05, 0) is 48.2 Å². The Balaban J connectivity index is 2.04. The lowest BCUT2D eigenvalue weighted by Gasteiger charge is -2.17. The van der Waals surface area contributed by atoms with E-state index in [1.165, 1.54) is 4.90 Å². The first kappa shape index (κ1) is 14.5. The number of hydrogen-bond acceptors (Lipinski definition) is 3. The predicted molar refractivity (Wildman–Crippen MR) is 84.9 cm³/mol. The van der Waals surface area contributed by atoms with E-state index in [0.29, 0.717) is 17.8 Å². The first-order valence-corrected chi connectivity index (χ1v) is 7.56.